The van der Waals surface area contributed by atoms with Crippen LogP contribution in [0.2, 0.25) is 5.02 Å². The zero-order valence-corrected chi connectivity index (χ0v) is 13.1. The lowest BCUT2D eigenvalue weighted by Gasteiger charge is -2.22. The molecule has 106 valence electrons. The van der Waals surface area contributed by atoms with Crippen LogP contribution < -0.4 is 10.6 Å². The molecule has 6 heteroatoms. The van der Waals surface area contributed by atoms with Gasteiger partial charge in [-0.05, 0) is 24.6 Å². The van der Waals surface area contributed by atoms with Crippen LogP contribution in [0.15, 0.2) is 18.2 Å². The second-order valence-corrected chi connectivity index (χ2v) is 6.02. The molecule has 3 nitrogen and oxygen atoms in total. The molecule has 1 saturated heterocycles. The minimum Gasteiger partial charge on any atom is -0.325 e. The van der Waals surface area contributed by atoms with Crippen molar-refractivity contribution < 1.29 is 4.79 Å². The van der Waals surface area contributed by atoms with E-state index >= 15 is 0 Å². The van der Waals surface area contributed by atoms with E-state index in [1.54, 1.807) is 6.07 Å². The van der Waals surface area contributed by atoms with E-state index in [9.17, 15) is 4.79 Å². The van der Waals surface area contributed by atoms with Crippen molar-refractivity contribution in [3.63, 3.8) is 0 Å². The molecule has 1 aliphatic heterocycles. The van der Waals surface area contributed by atoms with Crippen molar-refractivity contribution in [2.24, 2.45) is 0 Å². The number of nitrogens with one attached hydrogen (secondary N) is 2. The fourth-order valence-corrected chi connectivity index (χ4v) is 3.02. The molecule has 0 aromatic heterocycles. The number of thioether (sulfide) groups is 1. The fourth-order valence-electron chi connectivity index (χ4n) is 1.91. The summed E-state index contributed by atoms with van der Waals surface area (Å²) in [6.45, 7) is 2.96. The molecule has 1 aromatic rings. The molecule has 0 spiro atoms. The first kappa shape index (κ1) is 16.6. The third kappa shape index (κ3) is 5.22. The number of benzene rings is 1. The summed E-state index contributed by atoms with van der Waals surface area (Å²) in [6, 6.07) is 5.90. The van der Waals surface area contributed by atoms with Crippen LogP contribution in [-0.4, -0.2) is 30.0 Å². The summed E-state index contributed by atoms with van der Waals surface area (Å²) in [4.78, 5) is 11.9. The van der Waals surface area contributed by atoms with E-state index < -0.39 is 0 Å². The number of hydrogen-bond acceptors (Lipinski definition) is 3. The molecule has 1 atom stereocenters. The summed E-state index contributed by atoms with van der Waals surface area (Å²) < 4.78 is 0. The summed E-state index contributed by atoms with van der Waals surface area (Å²) in [5.74, 6) is 2.14. The van der Waals surface area contributed by atoms with Gasteiger partial charge in [-0.3, -0.25) is 4.79 Å². The maximum Gasteiger partial charge on any atom is 0.226 e. The van der Waals surface area contributed by atoms with Gasteiger partial charge in [-0.2, -0.15) is 11.8 Å². The zero-order valence-electron chi connectivity index (χ0n) is 10.7. The van der Waals surface area contributed by atoms with Crippen molar-refractivity contribution in [2.75, 3.05) is 23.4 Å². The van der Waals surface area contributed by atoms with E-state index in [-0.39, 0.29) is 24.4 Å². The van der Waals surface area contributed by atoms with Gasteiger partial charge in [0.25, 0.3) is 0 Å². The largest absolute Gasteiger partial charge is 0.325 e. The third-order valence-corrected chi connectivity index (χ3v) is 4.29. The third-order valence-electron chi connectivity index (χ3n) is 2.83. The molecule has 2 rings (SSSR count). The van der Waals surface area contributed by atoms with Gasteiger partial charge in [-0.1, -0.05) is 17.7 Å². The number of carbonyl (C=O) groups excluding carboxylic acids is 1. The van der Waals surface area contributed by atoms with Gasteiger partial charge >= 0.3 is 0 Å². The van der Waals surface area contributed by atoms with Crippen LogP contribution >= 0.6 is 35.8 Å². The van der Waals surface area contributed by atoms with Gasteiger partial charge in [0.15, 0.2) is 0 Å². The van der Waals surface area contributed by atoms with E-state index in [1.165, 1.54) is 0 Å². The Balaban J connectivity index is 0.00000180. The first-order valence-electron chi connectivity index (χ1n) is 6.02. The molecule has 0 saturated carbocycles. The molecule has 19 heavy (non-hydrogen) atoms. The first-order valence-corrected chi connectivity index (χ1v) is 7.55. The average molecular weight is 321 g/mol. The summed E-state index contributed by atoms with van der Waals surface area (Å²) in [6.07, 6.45) is 0.497. The topological polar surface area (TPSA) is 41.1 Å². The Morgan fingerprint density at radius 1 is 1.58 bits per heavy atom. The number of aryl methyl sites for hydroxylation is 1. The van der Waals surface area contributed by atoms with Crippen molar-refractivity contribution in [1.29, 1.82) is 0 Å². The lowest BCUT2D eigenvalue weighted by molar-refractivity contribution is -0.116. The van der Waals surface area contributed by atoms with Crippen molar-refractivity contribution in [2.45, 2.75) is 19.4 Å². The van der Waals surface area contributed by atoms with Crippen LogP contribution in [0.3, 0.4) is 0 Å². The molecule has 0 bridgehead atoms. The lowest BCUT2D eigenvalue weighted by Crippen LogP contribution is -2.39. The minimum absolute atomic E-state index is 0. The van der Waals surface area contributed by atoms with Gasteiger partial charge in [-0.15, -0.1) is 12.4 Å². The maximum absolute atomic E-state index is 11.9. The highest BCUT2D eigenvalue weighted by Crippen LogP contribution is 2.23. The first-order chi connectivity index (χ1) is 8.65. The molecular formula is C13H18Cl2N2OS. The number of halogens is 2. The fraction of sp³-hybridized carbons (Fsp3) is 0.462. The van der Waals surface area contributed by atoms with Crippen molar-refractivity contribution in [1.82, 2.24) is 5.32 Å². The summed E-state index contributed by atoms with van der Waals surface area (Å²) in [5, 5.41) is 6.81. The monoisotopic (exact) mass is 320 g/mol. The van der Waals surface area contributed by atoms with E-state index in [4.69, 9.17) is 11.6 Å². The highest BCUT2D eigenvalue weighted by molar-refractivity contribution is 7.99. The van der Waals surface area contributed by atoms with Crippen LogP contribution in [0.1, 0.15) is 12.0 Å². The quantitative estimate of drug-likeness (QED) is 0.899. The summed E-state index contributed by atoms with van der Waals surface area (Å²) in [5.41, 5.74) is 1.78. The zero-order chi connectivity index (χ0) is 13.0. The Morgan fingerprint density at radius 2 is 2.37 bits per heavy atom. The lowest BCUT2D eigenvalue weighted by atomic mass is 10.2. The molecule has 2 N–H and O–H groups in total. The predicted molar refractivity (Wildman–Crippen MR) is 85.8 cm³/mol. The normalized spacial score (nSPS) is 18.5. The van der Waals surface area contributed by atoms with Crippen LogP contribution in [0.25, 0.3) is 0 Å². The minimum atomic E-state index is 0. The molecule has 1 aromatic carbocycles. The Bertz CT molecular complexity index is 437. The van der Waals surface area contributed by atoms with E-state index in [0.717, 1.165) is 23.6 Å². The van der Waals surface area contributed by atoms with Gasteiger partial charge in [0, 0.05) is 30.5 Å². The standard InChI is InChI=1S/C13H17ClN2OS.ClH/c1-9-2-3-11(14)12(6-9)16-13(17)7-10-8-18-5-4-15-10;/h2-3,6,10,15H,4-5,7-8H2,1H3,(H,16,17);1H. The maximum atomic E-state index is 11.9. The molecule has 1 aliphatic rings. The van der Waals surface area contributed by atoms with Gasteiger partial charge in [0.05, 0.1) is 10.7 Å². The molecule has 0 aliphatic carbocycles. The van der Waals surface area contributed by atoms with Crippen molar-refractivity contribution in [3.05, 3.63) is 28.8 Å². The second-order valence-electron chi connectivity index (χ2n) is 4.46. The van der Waals surface area contributed by atoms with Crippen LogP contribution in [0.5, 0.6) is 0 Å². The highest BCUT2D eigenvalue weighted by atomic mass is 35.5. The van der Waals surface area contributed by atoms with Crippen LogP contribution in [0, 0.1) is 6.92 Å². The smallest absolute Gasteiger partial charge is 0.226 e. The van der Waals surface area contributed by atoms with Gasteiger partial charge in [-0.25, -0.2) is 0 Å². The Morgan fingerprint density at radius 3 is 3.05 bits per heavy atom. The Kier molecular flexibility index (Phi) is 7.00. The number of hydrogen-bond donors (Lipinski definition) is 2. The number of anilines is 1. The van der Waals surface area contributed by atoms with Crippen molar-refractivity contribution >= 4 is 47.4 Å². The summed E-state index contributed by atoms with van der Waals surface area (Å²) in [7, 11) is 0. The van der Waals surface area contributed by atoms with Crippen LogP contribution in [-0.2, 0) is 4.79 Å². The van der Waals surface area contributed by atoms with E-state index in [2.05, 4.69) is 10.6 Å². The molecule has 1 fully saturated rings. The molecule has 1 heterocycles. The number of carbonyl (C=O) groups is 1. The average Bonchev–Trinajstić information content (AvgIpc) is 2.35. The molecular weight excluding hydrogens is 303 g/mol. The van der Waals surface area contributed by atoms with Gasteiger partial charge in [0.1, 0.15) is 0 Å². The van der Waals surface area contributed by atoms with E-state index in [0.29, 0.717) is 17.1 Å². The number of rotatable bonds is 3. The molecule has 1 amide bonds. The van der Waals surface area contributed by atoms with Crippen molar-refractivity contribution in [3.8, 4) is 0 Å². The number of amides is 1. The van der Waals surface area contributed by atoms with Gasteiger partial charge < -0.3 is 10.6 Å². The second kappa shape index (κ2) is 8.00. The summed E-state index contributed by atoms with van der Waals surface area (Å²) >= 11 is 7.94. The highest BCUT2D eigenvalue weighted by Gasteiger charge is 2.17. The Labute approximate surface area is 129 Å². The van der Waals surface area contributed by atoms with E-state index in [1.807, 2.05) is 30.8 Å². The van der Waals surface area contributed by atoms with Crippen LogP contribution in [0.4, 0.5) is 5.69 Å². The predicted octanol–water partition coefficient (Wildman–Crippen LogP) is 3.10. The Hall–Kier alpha value is -0.420. The van der Waals surface area contributed by atoms with Gasteiger partial charge in [0.2, 0.25) is 5.91 Å². The SMILES string of the molecule is Cc1ccc(Cl)c(NC(=O)CC2CSCCN2)c1.Cl. The molecule has 1 unspecified atom stereocenters. The molecule has 0 radical (unpaired) electrons.